The second-order valence-corrected chi connectivity index (χ2v) is 9.59. The van der Waals surface area contributed by atoms with Crippen LogP contribution in [0.2, 0.25) is 0 Å². The Bertz CT molecular complexity index is 1210. The Hall–Kier alpha value is -3.38. The molecule has 0 atom stereocenters. The van der Waals surface area contributed by atoms with Gasteiger partial charge in [-0.1, -0.05) is 52.7 Å². The minimum atomic E-state index is 0.749. The van der Waals surface area contributed by atoms with Gasteiger partial charge in [0, 0.05) is 48.0 Å². The lowest BCUT2D eigenvalue weighted by Crippen LogP contribution is -2.14. The summed E-state index contributed by atoms with van der Waals surface area (Å²) in [5, 5.41) is 3.13. The van der Waals surface area contributed by atoms with Crippen LogP contribution in [0.1, 0.15) is 63.7 Å². The molecule has 1 N–H and O–H groups in total. The summed E-state index contributed by atoms with van der Waals surface area (Å²) in [4.78, 5) is 19.4. The van der Waals surface area contributed by atoms with Crippen molar-refractivity contribution in [3.8, 4) is 11.3 Å². The molecule has 38 heavy (non-hydrogen) atoms. The summed E-state index contributed by atoms with van der Waals surface area (Å²) >= 11 is 1.90. The van der Waals surface area contributed by atoms with Crippen molar-refractivity contribution in [2.24, 2.45) is 0 Å². The van der Waals surface area contributed by atoms with Crippen LogP contribution in [0.3, 0.4) is 0 Å². The van der Waals surface area contributed by atoms with Gasteiger partial charge in [-0.2, -0.15) is 0 Å². The highest BCUT2D eigenvalue weighted by molar-refractivity contribution is 8.00. The minimum Gasteiger partial charge on any atom is -0.388 e. The van der Waals surface area contributed by atoms with Gasteiger partial charge in [-0.3, -0.25) is 9.78 Å². The predicted molar refractivity (Wildman–Crippen MR) is 167 cm³/mol. The monoisotopic (exact) mass is 530 g/mol. The number of hydrogen-bond donors (Lipinski definition) is 1. The molecule has 5 rings (SSSR count). The van der Waals surface area contributed by atoms with Crippen molar-refractivity contribution < 1.29 is 4.79 Å². The van der Waals surface area contributed by atoms with E-state index in [0.717, 1.165) is 46.4 Å². The van der Waals surface area contributed by atoms with E-state index in [1.165, 1.54) is 37.1 Å². The fraction of sp³-hybridized carbons (Fsp3) is 0.344. The van der Waals surface area contributed by atoms with Crippen molar-refractivity contribution >= 4 is 40.6 Å². The summed E-state index contributed by atoms with van der Waals surface area (Å²) in [5.41, 5.74) is 6.96. The minimum absolute atomic E-state index is 0.749. The summed E-state index contributed by atoms with van der Waals surface area (Å²) in [6, 6.07) is 23.9. The van der Waals surface area contributed by atoms with E-state index >= 15 is 0 Å². The Morgan fingerprint density at radius 3 is 2.39 bits per heavy atom. The number of benzene rings is 2. The van der Waals surface area contributed by atoms with Gasteiger partial charge < -0.3 is 9.62 Å². The Labute approximate surface area is 233 Å². The zero-order valence-corrected chi connectivity index (χ0v) is 24.3. The van der Waals surface area contributed by atoms with E-state index in [2.05, 4.69) is 45.6 Å². The molecule has 1 fully saturated rings. The van der Waals surface area contributed by atoms with Gasteiger partial charge in [-0.25, -0.2) is 4.98 Å². The first kappa shape index (κ1) is 30.8. The molecule has 0 radical (unpaired) electrons. The molecule has 0 amide bonds. The predicted octanol–water partition coefficient (Wildman–Crippen LogP) is 8.92. The molecule has 202 valence electrons. The molecule has 1 aliphatic heterocycles. The van der Waals surface area contributed by atoms with Gasteiger partial charge in [0.25, 0.3) is 0 Å². The summed E-state index contributed by atoms with van der Waals surface area (Å²) < 4.78 is 2.33. The normalized spacial score (nSPS) is 12.4. The van der Waals surface area contributed by atoms with E-state index in [-0.39, 0.29) is 0 Å². The molecule has 1 saturated heterocycles. The van der Waals surface area contributed by atoms with E-state index < -0.39 is 0 Å². The number of hydrogen-bond acceptors (Lipinski definition) is 6. The molecule has 0 spiro atoms. The smallest absolute Gasteiger partial charge is 0.150 e. The molecule has 0 saturated carbocycles. The molecule has 6 heteroatoms. The Morgan fingerprint density at radius 1 is 0.921 bits per heavy atom. The molecule has 2 aromatic carbocycles. The van der Waals surface area contributed by atoms with Crippen LogP contribution in [0, 0.1) is 0 Å². The van der Waals surface area contributed by atoms with Crippen molar-refractivity contribution in [2.45, 2.75) is 53.4 Å². The van der Waals surface area contributed by atoms with E-state index in [1.54, 1.807) is 6.20 Å². The van der Waals surface area contributed by atoms with Gasteiger partial charge in [0.1, 0.15) is 6.29 Å². The zero-order chi connectivity index (χ0) is 27.6. The number of rotatable bonds is 4. The van der Waals surface area contributed by atoms with Crippen LogP contribution in [-0.2, 0) is 0 Å². The van der Waals surface area contributed by atoms with E-state index in [0.29, 0.717) is 0 Å². The highest BCUT2D eigenvalue weighted by Crippen LogP contribution is 2.27. The fourth-order valence-electron chi connectivity index (χ4n) is 3.65. The third-order valence-electron chi connectivity index (χ3n) is 5.47. The van der Waals surface area contributed by atoms with Crippen LogP contribution in [0.4, 0.5) is 11.4 Å². The number of aromatic nitrogens is 2. The maximum absolute atomic E-state index is 10.5. The SMILES string of the molecule is CC.CCC.CNc1cccc(-c2ccc3ncccc3n2)c1.O=Cc1ccc(N2CCCCCS2)cc1. The molecule has 3 heterocycles. The fourth-order valence-corrected chi connectivity index (χ4v) is 4.73. The molecule has 4 aromatic rings. The van der Waals surface area contributed by atoms with Crippen molar-refractivity contribution in [2.75, 3.05) is 29.0 Å². The molecule has 0 unspecified atom stereocenters. The quantitative estimate of drug-likeness (QED) is 0.210. The zero-order valence-electron chi connectivity index (χ0n) is 23.5. The number of carbonyl (C=O) groups is 1. The van der Waals surface area contributed by atoms with Gasteiger partial charge in [-0.15, -0.1) is 0 Å². The van der Waals surface area contributed by atoms with Crippen LogP contribution in [0.25, 0.3) is 22.3 Å². The van der Waals surface area contributed by atoms with Crippen molar-refractivity contribution in [1.29, 1.82) is 0 Å². The Balaban J connectivity index is 0.000000231. The lowest BCUT2D eigenvalue weighted by atomic mass is 10.1. The van der Waals surface area contributed by atoms with Crippen molar-refractivity contribution in [3.05, 3.63) is 84.6 Å². The summed E-state index contributed by atoms with van der Waals surface area (Å²) in [6.45, 7) is 9.37. The molecule has 2 aromatic heterocycles. The van der Waals surface area contributed by atoms with Crippen LogP contribution < -0.4 is 9.62 Å². The summed E-state index contributed by atoms with van der Waals surface area (Å²) in [5.74, 6) is 1.20. The van der Waals surface area contributed by atoms with Crippen LogP contribution in [0.15, 0.2) is 79.0 Å². The molecule has 0 aliphatic carbocycles. The van der Waals surface area contributed by atoms with Crippen molar-refractivity contribution in [1.82, 2.24) is 9.97 Å². The highest BCUT2D eigenvalue weighted by Gasteiger charge is 2.10. The van der Waals surface area contributed by atoms with E-state index in [4.69, 9.17) is 0 Å². The lowest BCUT2D eigenvalue weighted by Gasteiger charge is -2.20. The molecular formula is C32H42N4OS. The van der Waals surface area contributed by atoms with E-state index in [1.807, 2.05) is 93.5 Å². The lowest BCUT2D eigenvalue weighted by molar-refractivity contribution is 0.112. The number of pyridine rings is 2. The average Bonchev–Trinajstić information content (AvgIpc) is 3.29. The third kappa shape index (κ3) is 9.82. The number of nitrogens with one attached hydrogen (secondary N) is 1. The van der Waals surface area contributed by atoms with Gasteiger partial charge >= 0.3 is 0 Å². The van der Waals surface area contributed by atoms with Gasteiger partial charge in [0.05, 0.1) is 16.7 Å². The Kier molecular flexibility index (Phi) is 14.6. The largest absolute Gasteiger partial charge is 0.388 e. The van der Waals surface area contributed by atoms with Gasteiger partial charge in [-0.05, 0) is 85.5 Å². The first-order valence-electron chi connectivity index (χ1n) is 13.6. The number of carbonyl (C=O) groups excluding carboxylic acids is 1. The number of anilines is 2. The summed E-state index contributed by atoms with van der Waals surface area (Å²) in [6.07, 6.45) is 7.83. The van der Waals surface area contributed by atoms with Gasteiger partial charge in [0.15, 0.2) is 0 Å². The molecular weight excluding hydrogens is 488 g/mol. The molecule has 1 aliphatic rings. The highest BCUT2D eigenvalue weighted by atomic mass is 32.2. The first-order chi connectivity index (χ1) is 18.7. The average molecular weight is 531 g/mol. The molecule has 0 bridgehead atoms. The molecule has 5 nitrogen and oxygen atoms in total. The third-order valence-corrected chi connectivity index (χ3v) is 6.65. The van der Waals surface area contributed by atoms with Gasteiger partial charge in [0.2, 0.25) is 0 Å². The number of nitrogens with zero attached hydrogens (tertiary/aromatic N) is 3. The standard InChI is InChI=1S/C15H13N3.C12H15NOS.C3H8.C2H6/c1-16-12-5-2-4-11(10-12)13-7-8-14-15(18-13)6-3-9-17-14;14-10-11-4-6-12(7-5-11)13-8-2-1-3-9-15-13;1-3-2;1-2/h2-10,16H,1H3;4-7,10H,1-3,8-9H2;3H2,1-2H3;1-2H3. The Morgan fingerprint density at radius 2 is 1.68 bits per heavy atom. The topological polar surface area (TPSA) is 58.1 Å². The van der Waals surface area contributed by atoms with E-state index in [9.17, 15) is 4.79 Å². The van der Waals surface area contributed by atoms with Crippen LogP contribution >= 0.6 is 11.9 Å². The first-order valence-corrected chi connectivity index (χ1v) is 14.6. The number of aldehydes is 1. The summed E-state index contributed by atoms with van der Waals surface area (Å²) in [7, 11) is 1.91. The maximum atomic E-state index is 10.5. The number of fused-ring (bicyclic) bond motifs is 1. The van der Waals surface area contributed by atoms with Crippen molar-refractivity contribution in [3.63, 3.8) is 0 Å². The maximum Gasteiger partial charge on any atom is 0.150 e. The second kappa shape index (κ2) is 18.0. The second-order valence-electron chi connectivity index (χ2n) is 8.48. The van der Waals surface area contributed by atoms with Crippen LogP contribution in [0.5, 0.6) is 0 Å². The van der Waals surface area contributed by atoms with Crippen LogP contribution in [-0.4, -0.2) is 35.6 Å².